The molecule has 0 aliphatic heterocycles. The Morgan fingerprint density at radius 1 is 1.32 bits per heavy atom. The van der Waals surface area contributed by atoms with Gasteiger partial charge >= 0.3 is 6.09 Å². The molecule has 3 N–H and O–H groups in total. The molecular weight excluding hydrogens is 258 g/mol. The maximum Gasteiger partial charge on any atom is 0.407 e. The third-order valence-corrected chi connectivity index (χ3v) is 2.48. The number of carbonyl (C=O) groups excluding carboxylic acids is 2. The summed E-state index contributed by atoms with van der Waals surface area (Å²) in [6.07, 6.45) is -3.59. The molecule has 0 bridgehead atoms. The summed E-state index contributed by atoms with van der Waals surface area (Å²) >= 11 is 0. The first-order chi connectivity index (χ1) is 8.49. The van der Waals surface area contributed by atoms with Gasteiger partial charge in [-0.25, -0.2) is 13.6 Å². The second kappa shape index (κ2) is 6.79. The summed E-state index contributed by atoms with van der Waals surface area (Å²) in [5.41, 5.74) is 2.59. The molecule has 0 saturated carbocycles. The SMILES string of the molecule is CC(=O)C(N)(CCCNC(=O)OC(C)(C)C)C(F)F. The fourth-order valence-electron chi connectivity index (χ4n) is 1.32. The zero-order valence-corrected chi connectivity index (χ0v) is 11.8. The van der Waals surface area contributed by atoms with Gasteiger partial charge in [-0.15, -0.1) is 0 Å². The molecule has 0 aromatic rings. The molecule has 5 nitrogen and oxygen atoms in total. The molecule has 0 radical (unpaired) electrons. The monoisotopic (exact) mass is 280 g/mol. The van der Waals surface area contributed by atoms with Crippen molar-refractivity contribution in [2.24, 2.45) is 5.73 Å². The van der Waals surface area contributed by atoms with Gasteiger partial charge in [0.2, 0.25) is 0 Å². The number of hydrogen-bond acceptors (Lipinski definition) is 4. The fourth-order valence-corrected chi connectivity index (χ4v) is 1.32. The minimum atomic E-state index is -2.92. The number of amides is 1. The Balaban J connectivity index is 4.10. The summed E-state index contributed by atoms with van der Waals surface area (Å²) in [5.74, 6) is -0.764. The average Bonchev–Trinajstić information content (AvgIpc) is 2.20. The van der Waals surface area contributed by atoms with Gasteiger partial charge in [0.25, 0.3) is 6.43 Å². The number of alkyl carbamates (subject to hydrolysis) is 1. The van der Waals surface area contributed by atoms with E-state index in [1.807, 2.05) is 0 Å². The summed E-state index contributed by atoms with van der Waals surface area (Å²) in [5, 5.41) is 2.42. The number of carbonyl (C=O) groups is 2. The molecule has 0 heterocycles. The van der Waals surface area contributed by atoms with Crippen LogP contribution in [0.3, 0.4) is 0 Å². The van der Waals surface area contributed by atoms with E-state index in [2.05, 4.69) is 5.32 Å². The Morgan fingerprint density at radius 3 is 2.21 bits per heavy atom. The van der Waals surface area contributed by atoms with Crippen molar-refractivity contribution in [2.45, 2.75) is 58.1 Å². The second-order valence-electron chi connectivity index (χ2n) is 5.43. The molecule has 1 unspecified atom stereocenters. The van der Waals surface area contributed by atoms with Crippen LogP contribution in [0, 0.1) is 0 Å². The summed E-state index contributed by atoms with van der Waals surface area (Å²) in [7, 11) is 0. The Hall–Kier alpha value is -1.24. The average molecular weight is 280 g/mol. The summed E-state index contributed by atoms with van der Waals surface area (Å²) < 4.78 is 30.3. The van der Waals surface area contributed by atoms with Crippen LogP contribution in [0.2, 0.25) is 0 Å². The van der Waals surface area contributed by atoms with E-state index >= 15 is 0 Å². The fraction of sp³-hybridized carbons (Fsp3) is 0.833. The number of ether oxygens (including phenoxy) is 1. The normalized spacial score (nSPS) is 14.9. The van der Waals surface area contributed by atoms with Crippen LogP contribution in [0.25, 0.3) is 0 Å². The van der Waals surface area contributed by atoms with Crippen molar-refractivity contribution in [3.8, 4) is 0 Å². The Kier molecular flexibility index (Phi) is 6.35. The van der Waals surface area contributed by atoms with Gasteiger partial charge in [-0.1, -0.05) is 0 Å². The number of nitrogens with one attached hydrogen (secondary N) is 1. The third kappa shape index (κ3) is 6.47. The van der Waals surface area contributed by atoms with Crippen molar-refractivity contribution >= 4 is 11.9 Å². The van der Waals surface area contributed by atoms with Gasteiger partial charge in [0.1, 0.15) is 11.1 Å². The van der Waals surface area contributed by atoms with Gasteiger partial charge in [-0.2, -0.15) is 0 Å². The predicted octanol–water partition coefficient (Wildman–Crippen LogP) is 1.84. The van der Waals surface area contributed by atoms with Crippen LogP contribution in [0.4, 0.5) is 13.6 Å². The molecule has 7 heteroatoms. The lowest BCUT2D eigenvalue weighted by atomic mass is 9.91. The molecular formula is C12H22F2N2O3. The van der Waals surface area contributed by atoms with E-state index in [0.29, 0.717) is 0 Å². The Bertz CT molecular complexity index is 329. The van der Waals surface area contributed by atoms with Gasteiger partial charge in [0.05, 0.1) is 0 Å². The van der Waals surface area contributed by atoms with E-state index in [1.54, 1.807) is 20.8 Å². The van der Waals surface area contributed by atoms with Crippen molar-refractivity contribution in [3.05, 3.63) is 0 Å². The van der Waals surface area contributed by atoms with E-state index in [0.717, 1.165) is 6.92 Å². The number of halogens is 2. The highest BCUT2D eigenvalue weighted by Crippen LogP contribution is 2.20. The molecule has 0 aromatic carbocycles. The summed E-state index contributed by atoms with van der Waals surface area (Å²) in [6.45, 7) is 6.29. The van der Waals surface area contributed by atoms with Crippen LogP contribution >= 0.6 is 0 Å². The summed E-state index contributed by atoms with van der Waals surface area (Å²) in [4.78, 5) is 22.4. The largest absolute Gasteiger partial charge is 0.444 e. The molecule has 19 heavy (non-hydrogen) atoms. The van der Waals surface area contributed by atoms with E-state index in [9.17, 15) is 18.4 Å². The lowest BCUT2D eigenvalue weighted by Crippen LogP contribution is -2.53. The van der Waals surface area contributed by atoms with E-state index in [1.165, 1.54) is 0 Å². The minimum absolute atomic E-state index is 0.119. The van der Waals surface area contributed by atoms with Crippen LogP contribution in [0.1, 0.15) is 40.5 Å². The quantitative estimate of drug-likeness (QED) is 0.727. The maximum atomic E-state index is 12.7. The number of Topliss-reactive ketones (excluding diaryl/α,β-unsaturated/α-hetero) is 1. The molecule has 0 aliphatic rings. The lowest BCUT2D eigenvalue weighted by molar-refractivity contribution is -0.128. The van der Waals surface area contributed by atoms with Gasteiger partial charge in [-0.3, -0.25) is 4.79 Å². The second-order valence-corrected chi connectivity index (χ2v) is 5.43. The van der Waals surface area contributed by atoms with Gasteiger partial charge < -0.3 is 15.8 Å². The molecule has 0 aliphatic carbocycles. The van der Waals surface area contributed by atoms with Crippen molar-refractivity contribution < 1.29 is 23.1 Å². The van der Waals surface area contributed by atoms with Crippen LogP contribution < -0.4 is 11.1 Å². The van der Waals surface area contributed by atoms with Crippen LogP contribution in [-0.2, 0) is 9.53 Å². The molecule has 1 atom stereocenters. The Morgan fingerprint density at radius 2 is 1.84 bits per heavy atom. The number of rotatable bonds is 6. The lowest BCUT2D eigenvalue weighted by Gasteiger charge is -2.25. The molecule has 1 amide bonds. The Labute approximate surface area is 111 Å². The smallest absolute Gasteiger partial charge is 0.407 e. The molecule has 0 rings (SSSR count). The van der Waals surface area contributed by atoms with Crippen LogP contribution in [0.15, 0.2) is 0 Å². The summed E-state index contributed by atoms with van der Waals surface area (Å²) in [6, 6.07) is 0. The first kappa shape index (κ1) is 17.8. The van der Waals surface area contributed by atoms with Crippen molar-refractivity contribution in [1.29, 1.82) is 0 Å². The van der Waals surface area contributed by atoms with Gasteiger partial charge in [0, 0.05) is 6.54 Å². The van der Waals surface area contributed by atoms with E-state index in [4.69, 9.17) is 10.5 Å². The van der Waals surface area contributed by atoms with E-state index < -0.39 is 29.4 Å². The molecule has 0 saturated heterocycles. The zero-order chi connectivity index (χ0) is 15.3. The molecule has 0 aromatic heterocycles. The van der Waals surface area contributed by atoms with Gasteiger partial charge in [0.15, 0.2) is 5.78 Å². The number of nitrogens with two attached hydrogens (primary N) is 1. The highest BCUT2D eigenvalue weighted by Gasteiger charge is 2.40. The van der Waals surface area contributed by atoms with Crippen LogP contribution in [0.5, 0.6) is 0 Å². The maximum absolute atomic E-state index is 12.7. The topological polar surface area (TPSA) is 81.4 Å². The van der Waals surface area contributed by atoms with Crippen LogP contribution in [-0.4, -0.2) is 36.0 Å². The molecule has 0 spiro atoms. The molecule has 112 valence electrons. The third-order valence-electron chi connectivity index (χ3n) is 2.48. The van der Waals surface area contributed by atoms with Gasteiger partial charge in [-0.05, 0) is 40.5 Å². The van der Waals surface area contributed by atoms with Crippen molar-refractivity contribution in [3.63, 3.8) is 0 Å². The number of alkyl halides is 2. The van der Waals surface area contributed by atoms with E-state index in [-0.39, 0.29) is 19.4 Å². The minimum Gasteiger partial charge on any atom is -0.444 e. The zero-order valence-electron chi connectivity index (χ0n) is 11.8. The molecule has 0 fully saturated rings. The highest BCUT2D eigenvalue weighted by atomic mass is 19.3. The van der Waals surface area contributed by atoms with Crippen molar-refractivity contribution in [1.82, 2.24) is 5.32 Å². The van der Waals surface area contributed by atoms with Crippen molar-refractivity contribution in [2.75, 3.05) is 6.54 Å². The predicted molar refractivity (Wildman–Crippen MR) is 67.1 cm³/mol. The highest BCUT2D eigenvalue weighted by molar-refractivity contribution is 5.86. The number of hydrogen-bond donors (Lipinski definition) is 2. The first-order valence-electron chi connectivity index (χ1n) is 6.04. The number of ketones is 1. The standard InChI is InChI=1S/C12H22F2N2O3/c1-8(17)12(15,9(13)14)6-5-7-16-10(18)19-11(2,3)4/h9H,5-7,15H2,1-4H3,(H,16,18). The first-order valence-corrected chi connectivity index (χ1v) is 6.04.